The molecule has 0 spiro atoms. The molecule has 5 heteroatoms. The minimum atomic E-state index is -0.419. The Bertz CT molecular complexity index is 964. The third kappa shape index (κ3) is 4.20. The van der Waals surface area contributed by atoms with Crippen molar-refractivity contribution in [2.75, 3.05) is 18.6 Å². The highest BCUT2D eigenvalue weighted by molar-refractivity contribution is 5.97. The molecule has 0 unspecified atom stereocenters. The summed E-state index contributed by atoms with van der Waals surface area (Å²) >= 11 is 0. The average molecular weight is 400 g/mol. The van der Waals surface area contributed by atoms with E-state index >= 15 is 0 Å². The minimum absolute atomic E-state index is 0.00133. The Morgan fingerprint density at radius 2 is 1.50 bits per heavy atom. The molecule has 0 aromatic heterocycles. The SMILES string of the molecule is COc1ccc(N2C[C@H](NC(=O)C(c3ccccc3)c3ccccc3)CC2=O)cc1. The molecular formula is C25H24N2O3. The highest BCUT2D eigenvalue weighted by atomic mass is 16.5. The van der Waals surface area contributed by atoms with Gasteiger partial charge >= 0.3 is 0 Å². The van der Waals surface area contributed by atoms with E-state index in [9.17, 15) is 9.59 Å². The van der Waals surface area contributed by atoms with Gasteiger partial charge in [-0.15, -0.1) is 0 Å². The summed E-state index contributed by atoms with van der Waals surface area (Å²) in [6.45, 7) is 0.452. The number of amides is 2. The van der Waals surface area contributed by atoms with Crippen molar-refractivity contribution in [3.05, 3.63) is 96.1 Å². The number of carbonyl (C=O) groups excluding carboxylic acids is 2. The molecule has 1 saturated heterocycles. The summed E-state index contributed by atoms with van der Waals surface area (Å²) in [6, 6.07) is 26.6. The van der Waals surface area contributed by atoms with Crippen LogP contribution in [0.25, 0.3) is 0 Å². The van der Waals surface area contributed by atoms with Crippen LogP contribution in [0.5, 0.6) is 5.75 Å². The number of rotatable bonds is 6. The minimum Gasteiger partial charge on any atom is -0.497 e. The summed E-state index contributed by atoms with van der Waals surface area (Å²) < 4.78 is 5.18. The molecule has 30 heavy (non-hydrogen) atoms. The van der Waals surface area contributed by atoms with E-state index in [1.807, 2.05) is 84.9 Å². The Labute approximate surface area is 176 Å². The van der Waals surface area contributed by atoms with E-state index in [1.165, 1.54) is 0 Å². The predicted molar refractivity (Wildman–Crippen MR) is 117 cm³/mol. The van der Waals surface area contributed by atoms with Gasteiger partial charge in [0.25, 0.3) is 0 Å². The van der Waals surface area contributed by atoms with Gasteiger partial charge in [-0.05, 0) is 35.4 Å². The van der Waals surface area contributed by atoms with Crippen LogP contribution in [0.2, 0.25) is 0 Å². The number of nitrogens with one attached hydrogen (secondary N) is 1. The monoisotopic (exact) mass is 400 g/mol. The van der Waals surface area contributed by atoms with Gasteiger partial charge in [0.15, 0.2) is 0 Å². The van der Waals surface area contributed by atoms with Gasteiger partial charge in [-0.1, -0.05) is 60.7 Å². The summed E-state index contributed by atoms with van der Waals surface area (Å²) in [5.41, 5.74) is 2.66. The molecule has 2 amide bonds. The van der Waals surface area contributed by atoms with Crippen LogP contribution >= 0.6 is 0 Å². The maximum Gasteiger partial charge on any atom is 0.232 e. The maximum absolute atomic E-state index is 13.3. The van der Waals surface area contributed by atoms with Crippen LogP contribution < -0.4 is 15.0 Å². The highest BCUT2D eigenvalue weighted by Crippen LogP contribution is 2.27. The van der Waals surface area contributed by atoms with Crippen molar-refractivity contribution in [3.63, 3.8) is 0 Å². The van der Waals surface area contributed by atoms with E-state index in [0.717, 1.165) is 22.6 Å². The number of methoxy groups -OCH3 is 1. The van der Waals surface area contributed by atoms with Gasteiger partial charge in [0.2, 0.25) is 11.8 Å². The number of carbonyl (C=O) groups is 2. The quantitative estimate of drug-likeness (QED) is 0.686. The van der Waals surface area contributed by atoms with Crippen molar-refractivity contribution in [2.24, 2.45) is 0 Å². The van der Waals surface area contributed by atoms with Crippen LogP contribution in [0.3, 0.4) is 0 Å². The van der Waals surface area contributed by atoms with Crippen molar-refractivity contribution < 1.29 is 14.3 Å². The second-order valence-electron chi connectivity index (χ2n) is 7.37. The van der Waals surface area contributed by atoms with Crippen LogP contribution in [0.15, 0.2) is 84.9 Å². The number of ether oxygens (including phenoxy) is 1. The first-order valence-electron chi connectivity index (χ1n) is 10.0. The molecule has 4 rings (SSSR count). The summed E-state index contributed by atoms with van der Waals surface area (Å²) in [6.07, 6.45) is 0.286. The molecule has 1 atom stereocenters. The summed E-state index contributed by atoms with van der Waals surface area (Å²) in [5.74, 6) is 0.226. The second kappa shape index (κ2) is 8.82. The molecule has 1 heterocycles. The smallest absolute Gasteiger partial charge is 0.232 e. The number of nitrogens with zero attached hydrogens (tertiary/aromatic N) is 1. The molecule has 5 nitrogen and oxygen atoms in total. The molecule has 1 fully saturated rings. The number of benzene rings is 3. The molecule has 3 aromatic rings. The molecule has 152 valence electrons. The molecular weight excluding hydrogens is 376 g/mol. The number of hydrogen-bond donors (Lipinski definition) is 1. The second-order valence-corrected chi connectivity index (χ2v) is 7.37. The van der Waals surface area contributed by atoms with Gasteiger partial charge in [0.05, 0.1) is 19.1 Å². The standard InChI is InChI=1S/C25H24N2O3/c1-30-22-14-12-21(13-15-22)27-17-20(16-23(27)28)26-25(29)24(18-8-4-2-5-9-18)19-10-6-3-7-11-19/h2-15,20,24H,16-17H2,1H3,(H,26,29)/t20-/m1/s1. The van der Waals surface area contributed by atoms with E-state index in [1.54, 1.807) is 12.0 Å². The van der Waals surface area contributed by atoms with Crippen LogP contribution in [0.4, 0.5) is 5.69 Å². The molecule has 0 radical (unpaired) electrons. The van der Waals surface area contributed by atoms with Crippen molar-refractivity contribution >= 4 is 17.5 Å². The van der Waals surface area contributed by atoms with Gasteiger partial charge in [0.1, 0.15) is 5.75 Å². The molecule has 0 aliphatic carbocycles. The third-order valence-corrected chi connectivity index (χ3v) is 5.38. The normalized spacial score (nSPS) is 16.0. The van der Waals surface area contributed by atoms with Crippen molar-refractivity contribution in [2.45, 2.75) is 18.4 Å². The molecule has 1 N–H and O–H groups in total. The average Bonchev–Trinajstić information content (AvgIpc) is 3.15. The molecule has 0 bridgehead atoms. The fraction of sp³-hybridized carbons (Fsp3) is 0.200. The first-order chi connectivity index (χ1) is 14.7. The van der Waals surface area contributed by atoms with Gasteiger partial charge in [-0.3, -0.25) is 9.59 Å². The first kappa shape index (κ1) is 19.7. The van der Waals surface area contributed by atoms with Gasteiger partial charge in [0, 0.05) is 18.7 Å². The van der Waals surface area contributed by atoms with E-state index < -0.39 is 5.92 Å². The lowest BCUT2D eigenvalue weighted by atomic mass is 9.90. The maximum atomic E-state index is 13.3. The molecule has 1 aliphatic rings. The number of anilines is 1. The Morgan fingerprint density at radius 3 is 2.03 bits per heavy atom. The zero-order valence-electron chi connectivity index (χ0n) is 16.8. The zero-order valence-corrected chi connectivity index (χ0v) is 16.8. The summed E-state index contributed by atoms with van der Waals surface area (Å²) in [5, 5.41) is 3.10. The summed E-state index contributed by atoms with van der Waals surface area (Å²) in [7, 11) is 1.61. The first-order valence-corrected chi connectivity index (χ1v) is 10.0. The highest BCUT2D eigenvalue weighted by Gasteiger charge is 2.33. The van der Waals surface area contributed by atoms with Crippen molar-refractivity contribution in [1.82, 2.24) is 5.32 Å². The topological polar surface area (TPSA) is 58.6 Å². The summed E-state index contributed by atoms with van der Waals surface area (Å²) in [4.78, 5) is 27.6. The van der Waals surface area contributed by atoms with E-state index in [0.29, 0.717) is 6.54 Å². The Balaban J connectivity index is 1.51. The zero-order chi connectivity index (χ0) is 20.9. The van der Waals surface area contributed by atoms with E-state index in [2.05, 4.69) is 5.32 Å². The fourth-order valence-electron chi connectivity index (χ4n) is 3.89. The Hall–Kier alpha value is -3.60. The van der Waals surface area contributed by atoms with Crippen LogP contribution in [-0.4, -0.2) is 31.5 Å². The molecule has 3 aromatic carbocycles. The number of hydrogen-bond acceptors (Lipinski definition) is 3. The molecule has 1 aliphatic heterocycles. The lowest BCUT2D eigenvalue weighted by Gasteiger charge is -2.21. The van der Waals surface area contributed by atoms with Gasteiger partial charge in [-0.25, -0.2) is 0 Å². The lowest BCUT2D eigenvalue weighted by Crippen LogP contribution is -2.40. The van der Waals surface area contributed by atoms with Crippen LogP contribution in [0, 0.1) is 0 Å². The lowest BCUT2D eigenvalue weighted by molar-refractivity contribution is -0.122. The van der Waals surface area contributed by atoms with Crippen molar-refractivity contribution in [1.29, 1.82) is 0 Å². The van der Waals surface area contributed by atoms with Crippen LogP contribution in [-0.2, 0) is 9.59 Å². The largest absolute Gasteiger partial charge is 0.497 e. The van der Waals surface area contributed by atoms with Gasteiger partial charge < -0.3 is 15.0 Å². The molecule has 0 saturated carbocycles. The van der Waals surface area contributed by atoms with Gasteiger partial charge in [-0.2, -0.15) is 0 Å². The van der Waals surface area contributed by atoms with Crippen LogP contribution in [0.1, 0.15) is 23.5 Å². The Kier molecular flexibility index (Phi) is 5.80. The Morgan fingerprint density at radius 1 is 0.933 bits per heavy atom. The predicted octanol–water partition coefficient (Wildman–Crippen LogP) is 3.75. The van der Waals surface area contributed by atoms with Crippen molar-refractivity contribution in [3.8, 4) is 5.75 Å². The van der Waals surface area contributed by atoms with E-state index in [4.69, 9.17) is 4.74 Å². The van der Waals surface area contributed by atoms with E-state index in [-0.39, 0.29) is 24.3 Å². The fourth-order valence-corrected chi connectivity index (χ4v) is 3.89. The third-order valence-electron chi connectivity index (χ3n) is 5.38.